The lowest BCUT2D eigenvalue weighted by molar-refractivity contribution is -0.143. The zero-order chi connectivity index (χ0) is 13.9. The topological polar surface area (TPSA) is 35.5 Å². The van der Waals surface area contributed by atoms with Gasteiger partial charge in [0.1, 0.15) is 0 Å². The van der Waals surface area contributed by atoms with Crippen LogP contribution in [0.2, 0.25) is 0 Å². The Morgan fingerprint density at radius 1 is 1.32 bits per heavy atom. The van der Waals surface area contributed by atoms with Crippen LogP contribution < -0.4 is 5.32 Å². The Bertz CT molecular complexity index is 295. The van der Waals surface area contributed by atoms with E-state index in [1.807, 2.05) is 11.8 Å². The molecule has 0 unspecified atom stereocenters. The van der Waals surface area contributed by atoms with E-state index in [0.29, 0.717) is 19.6 Å². The molecule has 1 atom stereocenters. The molecule has 0 spiro atoms. The molecule has 7 heteroatoms. The number of aliphatic hydroxyl groups is 1. The number of hydrogen-bond acceptors (Lipinski definition) is 4. The van der Waals surface area contributed by atoms with E-state index in [9.17, 15) is 18.3 Å². The van der Waals surface area contributed by atoms with Crippen LogP contribution >= 0.6 is 11.8 Å². The summed E-state index contributed by atoms with van der Waals surface area (Å²) in [6.07, 6.45) is -1.86. The van der Waals surface area contributed by atoms with Gasteiger partial charge in [-0.05, 0) is 30.8 Å². The highest BCUT2D eigenvalue weighted by Gasteiger charge is 2.35. The number of thioether (sulfide) groups is 1. The summed E-state index contributed by atoms with van der Waals surface area (Å²) in [7, 11) is 0. The van der Waals surface area contributed by atoms with E-state index in [-0.39, 0.29) is 6.04 Å². The van der Waals surface area contributed by atoms with Crippen LogP contribution in [0, 0.1) is 0 Å². The molecule has 0 aromatic carbocycles. The highest BCUT2D eigenvalue weighted by Crippen LogP contribution is 2.27. The molecule has 2 N–H and O–H groups in total. The van der Waals surface area contributed by atoms with Crippen LogP contribution in [0.4, 0.5) is 13.2 Å². The summed E-state index contributed by atoms with van der Waals surface area (Å²) >= 11 is 1.84. The maximum atomic E-state index is 12.3. The molecule has 2 rings (SSSR count). The quantitative estimate of drug-likeness (QED) is 0.824. The Labute approximate surface area is 115 Å². The van der Waals surface area contributed by atoms with E-state index in [2.05, 4.69) is 5.32 Å². The number of halogens is 3. The standard InChI is InChI=1S/C12H21F3N2OS/c13-12(14,15)9-17-4-1-10(7-17)16-8-11(18)2-5-19-6-3-11/h10,16,18H,1-9H2/t10-/m0/s1. The lowest BCUT2D eigenvalue weighted by Gasteiger charge is -2.33. The fourth-order valence-electron chi connectivity index (χ4n) is 2.66. The zero-order valence-corrected chi connectivity index (χ0v) is 11.7. The minimum Gasteiger partial charge on any atom is -0.389 e. The van der Waals surface area contributed by atoms with Gasteiger partial charge in [-0.25, -0.2) is 0 Å². The van der Waals surface area contributed by atoms with Crippen LogP contribution in [0.3, 0.4) is 0 Å². The van der Waals surface area contributed by atoms with Crippen molar-refractivity contribution in [2.45, 2.75) is 37.1 Å². The minimum absolute atomic E-state index is 0.0703. The van der Waals surface area contributed by atoms with Crippen molar-refractivity contribution in [1.29, 1.82) is 0 Å². The molecule has 19 heavy (non-hydrogen) atoms. The highest BCUT2D eigenvalue weighted by atomic mass is 32.2. The monoisotopic (exact) mass is 298 g/mol. The average molecular weight is 298 g/mol. The Hall–Kier alpha value is 0.0200. The van der Waals surface area contributed by atoms with E-state index in [1.54, 1.807) is 0 Å². The fourth-order valence-corrected chi connectivity index (χ4v) is 3.91. The Kier molecular flexibility index (Phi) is 5.03. The SMILES string of the molecule is OC1(CN[C@H]2CCN(CC(F)(F)F)C2)CCSCC1. The summed E-state index contributed by atoms with van der Waals surface area (Å²) in [6, 6.07) is 0.0703. The maximum absolute atomic E-state index is 12.3. The first-order chi connectivity index (χ1) is 8.86. The molecule has 0 aromatic rings. The van der Waals surface area contributed by atoms with Crippen LogP contribution in [0.5, 0.6) is 0 Å². The van der Waals surface area contributed by atoms with Gasteiger partial charge in [-0.15, -0.1) is 0 Å². The third-order valence-corrected chi connectivity index (χ3v) is 4.80. The molecule has 0 aliphatic carbocycles. The molecule has 112 valence electrons. The molecule has 0 radical (unpaired) electrons. The molecule has 0 aromatic heterocycles. The van der Waals surface area contributed by atoms with Crippen molar-refractivity contribution in [2.24, 2.45) is 0 Å². The Balaban J connectivity index is 1.70. The Morgan fingerprint density at radius 2 is 2.00 bits per heavy atom. The molecular weight excluding hydrogens is 277 g/mol. The Morgan fingerprint density at radius 3 is 2.63 bits per heavy atom. The molecule has 0 amide bonds. The zero-order valence-electron chi connectivity index (χ0n) is 10.9. The van der Waals surface area contributed by atoms with Gasteiger partial charge in [0.25, 0.3) is 0 Å². The predicted octanol–water partition coefficient (Wildman–Crippen LogP) is 1.47. The largest absolute Gasteiger partial charge is 0.401 e. The van der Waals surface area contributed by atoms with Crippen LogP contribution in [0.15, 0.2) is 0 Å². The van der Waals surface area contributed by atoms with E-state index >= 15 is 0 Å². The molecule has 0 bridgehead atoms. The van der Waals surface area contributed by atoms with Crippen LogP contribution in [-0.2, 0) is 0 Å². The summed E-state index contributed by atoms with van der Waals surface area (Å²) in [5, 5.41) is 13.6. The van der Waals surface area contributed by atoms with Gasteiger partial charge < -0.3 is 10.4 Å². The van der Waals surface area contributed by atoms with Crippen molar-refractivity contribution in [3.63, 3.8) is 0 Å². The summed E-state index contributed by atoms with van der Waals surface area (Å²) in [4.78, 5) is 1.43. The van der Waals surface area contributed by atoms with E-state index < -0.39 is 18.3 Å². The van der Waals surface area contributed by atoms with Crippen molar-refractivity contribution < 1.29 is 18.3 Å². The van der Waals surface area contributed by atoms with Crippen molar-refractivity contribution in [1.82, 2.24) is 10.2 Å². The number of nitrogens with zero attached hydrogens (tertiary/aromatic N) is 1. The van der Waals surface area contributed by atoms with E-state index in [4.69, 9.17) is 0 Å². The van der Waals surface area contributed by atoms with Crippen molar-refractivity contribution in [3.05, 3.63) is 0 Å². The second-order valence-corrected chi connectivity index (χ2v) is 6.78. The number of alkyl halides is 3. The van der Waals surface area contributed by atoms with E-state index in [1.165, 1.54) is 4.90 Å². The molecule has 0 saturated carbocycles. The van der Waals surface area contributed by atoms with E-state index in [0.717, 1.165) is 30.8 Å². The van der Waals surface area contributed by atoms with Crippen LogP contribution in [-0.4, -0.2) is 65.5 Å². The summed E-state index contributed by atoms with van der Waals surface area (Å²) in [5.41, 5.74) is -0.664. The van der Waals surface area contributed by atoms with Gasteiger partial charge in [0.2, 0.25) is 0 Å². The summed E-state index contributed by atoms with van der Waals surface area (Å²) in [6.45, 7) is 0.569. The second-order valence-electron chi connectivity index (χ2n) is 5.55. The number of rotatable bonds is 4. The van der Waals surface area contributed by atoms with Gasteiger partial charge in [0, 0.05) is 25.7 Å². The molecular formula is C12H21F3N2OS. The summed E-state index contributed by atoms with van der Waals surface area (Å²) < 4.78 is 36.8. The lowest BCUT2D eigenvalue weighted by Crippen LogP contribution is -2.47. The highest BCUT2D eigenvalue weighted by molar-refractivity contribution is 7.99. The third-order valence-electron chi connectivity index (χ3n) is 3.82. The van der Waals surface area contributed by atoms with Crippen molar-refractivity contribution in [2.75, 3.05) is 37.7 Å². The van der Waals surface area contributed by atoms with Gasteiger partial charge >= 0.3 is 6.18 Å². The fraction of sp³-hybridized carbons (Fsp3) is 1.00. The third kappa shape index (κ3) is 5.13. The first-order valence-corrected chi connectivity index (χ1v) is 7.84. The first kappa shape index (κ1) is 15.4. The predicted molar refractivity (Wildman–Crippen MR) is 70.4 cm³/mol. The molecule has 2 saturated heterocycles. The minimum atomic E-state index is -4.12. The molecule has 2 aliphatic rings. The van der Waals surface area contributed by atoms with Gasteiger partial charge in [0.05, 0.1) is 12.1 Å². The first-order valence-electron chi connectivity index (χ1n) is 6.69. The number of likely N-dealkylation sites (tertiary alicyclic amines) is 1. The molecule has 2 fully saturated rings. The average Bonchev–Trinajstić information content (AvgIpc) is 2.73. The van der Waals surface area contributed by atoms with Crippen LogP contribution in [0.1, 0.15) is 19.3 Å². The lowest BCUT2D eigenvalue weighted by atomic mass is 9.96. The summed E-state index contributed by atoms with van der Waals surface area (Å²) in [5.74, 6) is 1.92. The number of nitrogens with one attached hydrogen (secondary N) is 1. The van der Waals surface area contributed by atoms with Crippen molar-refractivity contribution in [3.8, 4) is 0 Å². The molecule has 3 nitrogen and oxygen atoms in total. The molecule has 2 heterocycles. The van der Waals surface area contributed by atoms with Crippen molar-refractivity contribution >= 4 is 11.8 Å². The number of hydrogen-bond donors (Lipinski definition) is 2. The maximum Gasteiger partial charge on any atom is 0.401 e. The molecule has 2 aliphatic heterocycles. The van der Waals surface area contributed by atoms with Gasteiger partial charge in [-0.3, -0.25) is 4.90 Å². The second kappa shape index (κ2) is 6.20. The van der Waals surface area contributed by atoms with Gasteiger partial charge in [0.15, 0.2) is 0 Å². The normalized spacial score (nSPS) is 28.7. The van der Waals surface area contributed by atoms with Crippen LogP contribution in [0.25, 0.3) is 0 Å². The van der Waals surface area contributed by atoms with Gasteiger partial charge in [-0.2, -0.15) is 24.9 Å². The smallest absolute Gasteiger partial charge is 0.389 e. The van der Waals surface area contributed by atoms with Gasteiger partial charge in [-0.1, -0.05) is 0 Å².